The number of aromatic nitrogens is 2. The normalized spacial score (nSPS) is 14.6. The van der Waals surface area contributed by atoms with Crippen molar-refractivity contribution in [3.8, 4) is 5.69 Å². The Morgan fingerprint density at radius 2 is 1.89 bits per heavy atom. The molecule has 1 N–H and O–H groups in total. The van der Waals surface area contributed by atoms with Crippen LogP contribution in [-0.2, 0) is 19.4 Å². The van der Waals surface area contributed by atoms with Crippen molar-refractivity contribution < 1.29 is 9.50 Å². The first-order valence-corrected chi connectivity index (χ1v) is 6.26. The van der Waals surface area contributed by atoms with Crippen molar-refractivity contribution in [1.82, 2.24) is 9.78 Å². The molecule has 3 rings (SSSR count). The largest absolute Gasteiger partial charge is 0.390 e. The number of hydrogen-bond donors (Lipinski definition) is 1. The van der Waals surface area contributed by atoms with E-state index in [4.69, 9.17) is 0 Å². The monoisotopic (exact) mass is 246 g/mol. The Kier molecular flexibility index (Phi) is 2.88. The van der Waals surface area contributed by atoms with E-state index in [9.17, 15) is 9.50 Å². The van der Waals surface area contributed by atoms with E-state index in [1.807, 2.05) is 0 Å². The molecule has 0 atom stereocenters. The molecule has 0 spiro atoms. The van der Waals surface area contributed by atoms with Gasteiger partial charge in [-0.1, -0.05) is 0 Å². The van der Waals surface area contributed by atoms with Crippen LogP contribution in [-0.4, -0.2) is 14.9 Å². The second-order valence-corrected chi connectivity index (χ2v) is 4.63. The Hall–Kier alpha value is -1.68. The molecule has 0 saturated heterocycles. The molecule has 4 heteroatoms. The van der Waals surface area contributed by atoms with Crippen LogP contribution in [0.5, 0.6) is 0 Å². The number of aryl methyl sites for hydroxylation is 1. The molecule has 0 amide bonds. The first-order chi connectivity index (χ1) is 8.79. The summed E-state index contributed by atoms with van der Waals surface area (Å²) in [4.78, 5) is 0. The molecule has 0 unspecified atom stereocenters. The van der Waals surface area contributed by atoms with E-state index < -0.39 is 0 Å². The summed E-state index contributed by atoms with van der Waals surface area (Å²) in [6.07, 6.45) is 4.25. The van der Waals surface area contributed by atoms with Gasteiger partial charge in [0.1, 0.15) is 5.82 Å². The van der Waals surface area contributed by atoms with E-state index in [1.165, 1.54) is 17.7 Å². The number of hydrogen-bond acceptors (Lipinski definition) is 2. The van der Waals surface area contributed by atoms with E-state index in [2.05, 4.69) is 5.10 Å². The summed E-state index contributed by atoms with van der Waals surface area (Å²) in [6.45, 7) is -0.0281. The summed E-state index contributed by atoms with van der Waals surface area (Å²) in [6, 6.07) is 6.20. The molecule has 2 aromatic rings. The molecule has 1 aromatic carbocycles. The average Bonchev–Trinajstić information content (AvgIpc) is 2.78. The van der Waals surface area contributed by atoms with Gasteiger partial charge in [-0.25, -0.2) is 9.07 Å². The van der Waals surface area contributed by atoms with Gasteiger partial charge < -0.3 is 5.11 Å². The van der Waals surface area contributed by atoms with Gasteiger partial charge >= 0.3 is 0 Å². The lowest BCUT2D eigenvalue weighted by Gasteiger charge is -2.10. The molecule has 1 aromatic heterocycles. The Morgan fingerprint density at radius 3 is 2.61 bits per heavy atom. The fraction of sp³-hybridized carbons (Fsp3) is 0.357. The zero-order chi connectivity index (χ0) is 12.5. The maximum Gasteiger partial charge on any atom is 0.123 e. The Bertz CT molecular complexity index is 560. The van der Waals surface area contributed by atoms with Crippen LogP contribution in [0, 0.1) is 5.82 Å². The highest BCUT2D eigenvalue weighted by Gasteiger charge is 2.20. The van der Waals surface area contributed by atoms with Crippen LogP contribution in [0.1, 0.15) is 29.8 Å². The van der Waals surface area contributed by atoms with Crippen LogP contribution >= 0.6 is 0 Å². The predicted molar refractivity (Wildman–Crippen MR) is 66.1 cm³/mol. The molecule has 94 valence electrons. The lowest BCUT2D eigenvalue weighted by Crippen LogP contribution is -2.04. The minimum Gasteiger partial charge on any atom is -0.390 e. The molecule has 1 aliphatic rings. The SMILES string of the molecule is OCc1c2c(nn1-c1ccc(F)cc1)CCCC2. The predicted octanol–water partition coefficient (Wildman–Crippen LogP) is 2.38. The number of fused-ring (bicyclic) bond motifs is 1. The molecule has 1 heterocycles. The molecule has 0 aliphatic heterocycles. The lowest BCUT2D eigenvalue weighted by atomic mass is 9.96. The third kappa shape index (κ3) is 1.82. The van der Waals surface area contributed by atoms with Gasteiger partial charge in [0, 0.05) is 0 Å². The summed E-state index contributed by atoms with van der Waals surface area (Å²) >= 11 is 0. The van der Waals surface area contributed by atoms with E-state index in [1.54, 1.807) is 16.8 Å². The zero-order valence-electron chi connectivity index (χ0n) is 10.1. The van der Waals surface area contributed by atoms with E-state index >= 15 is 0 Å². The van der Waals surface area contributed by atoms with Crippen LogP contribution in [0.4, 0.5) is 4.39 Å². The summed E-state index contributed by atoms with van der Waals surface area (Å²) in [5, 5.41) is 14.1. The summed E-state index contributed by atoms with van der Waals surface area (Å²) < 4.78 is 14.7. The smallest absolute Gasteiger partial charge is 0.123 e. The fourth-order valence-corrected chi connectivity index (χ4v) is 2.58. The van der Waals surface area contributed by atoms with Crippen molar-refractivity contribution >= 4 is 0 Å². The molecular formula is C14H15FN2O. The van der Waals surface area contributed by atoms with E-state index in [0.717, 1.165) is 42.8 Å². The van der Waals surface area contributed by atoms with Crippen molar-refractivity contribution in [2.45, 2.75) is 32.3 Å². The molecule has 0 radical (unpaired) electrons. The second-order valence-electron chi connectivity index (χ2n) is 4.63. The quantitative estimate of drug-likeness (QED) is 0.883. The maximum absolute atomic E-state index is 12.9. The van der Waals surface area contributed by atoms with Crippen molar-refractivity contribution in [2.24, 2.45) is 0 Å². The average molecular weight is 246 g/mol. The highest BCUT2D eigenvalue weighted by Crippen LogP contribution is 2.26. The van der Waals surface area contributed by atoms with Crippen LogP contribution in [0.3, 0.4) is 0 Å². The van der Waals surface area contributed by atoms with E-state index in [-0.39, 0.29) is 12.4 Å². The van der Waals surface area contributed by atoms with Gasteiger partial charge in [-0.3, -0.25) is 0 Å². The topological polar surface area (TPSA) is 38.1 Å². The number of benzene rings is 1. The highest BCUT2D eigenvalue weighted by molar-refractivity contribution is 5.38. The van der Waals surface area contributed by atoms with Gasteiger partial charge in [-0.15, -0.1) is 0 Å². The van der Waals surface area contributed by atoms with Crippen LogP contribution in [0.25, 0.3) is 5.69 Å². The molecule has 0 saturated carbocycles. The molecule has 0 fully saturated rings. The van der Waals surface area contributed by atoms with Crippen molar-refractivity contribution in [3.05, 3.63) is 47.0 Å². The van der Waals surface area contributed by atoms with Crippen molar-refractivity contribution in [1.29, 1.82) is 0 Å². The van der Waals surface area contributed by atoms with Crippen LogP contribution < -0.4 is 0 Å². The second kappa shape index (κ2) is 4.53. The number of aliphatic hydroxyl groups excluding tert-OH is 1. The summed E-state index contributed by atoms with van der Waals surface area (Å²) in [5.74, 6) is -0.263. The van der Waals surface area contributed by atoms with Crippen molar-refractivity contribution in [2.75, 3.05) is 0 Å². The molecule has 0 bridgehead atoms. The summed E-state index contributed by atoms with van der Waals surface area (Å²) in [7, 11) is 0. The van der Waals surface area contributed by atoms with E-state index in [0.29, 0.717) is 0 Å². The minimum absolute atomic E-state index is 0.0281. The minimum atomic E-state index is -0.263. The standard InChI is InChI=1S/C14H15FN2O/c15-10-5-7-11(8-6-10)17-14(9-18)12-3-1-2-4-13(12)16-17/h5-8,18H,1-4,9H2. The van der Waals surface area contributed by atoms with Gasteiger partial charge in [0.15, 0.2) is 0 Å². The van der Waals surface area contributed by atoms with Crippen LogP contribution in [0.15, 0.2) is 24.3 Å². The zero-order valence-corrected chi connectivity index (χ0v) is 10.1. The summed E-state index contributed by atoms with van der Waals surface area (Å²) in [5.41, 5.74) is 3.90. The number of nitrogens with zero attached hydrogens (tertiary/aromatic N) is 2. The van der Waals surface area contributed by atoms with Gasteiger partial charge in [0.25, 0.3) is 0 Å². The first kappa shape index (κ1) is 11.4. The lowest BCUT2D eigenvalue weighted by molar-refractivity contribution is 0.272. The number of aliphatic hydroxyl groups is 1. The first-order valence-electron chi connectivity index (χ1n) is 6.26. The number of halogens is 1. The molecule has 3 nitrogen and oxygen atoms in total. The maximum atomic E-state index is 12.9. The molecular weight excluding hydrogens is 231 g/mol. The fourth-order valence-electron chi connectivity index (χ4n) is 2.58. The van der Waals surface area contributed by atoms with Gasteiger partial charge in [0.2, 0.25) is 0 Å². The Labute approximate surface area is 105 Å². The Morgan fingerprint density at radius 1 is 1.17 bits per heavy atom. The van der Waals surface area contributed by atoms with Gasteiger partial charge in [-0.2, -0.15) is 5.10 Å². The molecule has 1 aliphatic carbocycles. The highest BCUT2D eigenvalue weighted by atomic mass is 19.1. The Balaban J connectivity index is 2.11. The third-order valence-electron chi connectivity index (χ3n) is 3.48. The van der Waals surface area contributed by atoms with Crippen LogP contribution in [0.2, 0.25) is 0 Å². The number of rotatable bonds is 2. The van der Waals surface area contributed by atoms with Gasteiger partial charge in [0.05, 0.1) is 23.7 Å². The third-order valence-corrected chi connectivity index (χ3v) is 3.48. The van der Waals surface area contributed by atoms with Crippen molar-refractivity contribution in [3.63, 3.8) is 0 Å². The molecule has 18 heavy (non-hydrogen) atoms. The van der Waals surface area contributed by atoms with Gasteiger partial charge in [-0.05, 0) is 55.5 Å².